The molecule has 4 heteroatoms. The van der Waals surface area contributed by atoms with Crippen molar-refractivity contribution < 1.29 is 9.53 Å². The Kier molecular flexibility index (Phi) is 4.22. The predicted molar refractivity (Wildman–Crippen MR) is 76.5 cm³/mol. The van der Waals surface area contributed by atoms with Gasteiger partial charge < -0.3 is 14.6 Å². The van der Waals surface area contributed by atoms with Crippen LogP contribution in [0.2, 0.25) is 0 Å². The average Bonchev–Trinajstić information content (AvgIpc) is 2.81. The number of fused-ring (bicyclic) bond motifs is 1. The fourth-order valence-electron chi connectivity index (χ4n) is 2.11. The molecule has 0 saturated carbocycles. The van der Waals surface area contributed by atoms with Gasteiger partial charge in [0, 0.05) is 37.0 Å². The van der Waals surface area contributed by atoms with Crippen molar-refractivity contribution in [3.05, 3.63) is 36.0 Å². The molecule has 0 aliphatic rings. The van der Waals surface area contributed by atoms with E-state index < -0.39 is 0 Å². The Balaban J connectivity index is 2.24. The summed E-state index contributed by atoms with van der Waals surface area (Å²) in [6.07, 6.45) is 2.06. The first-order chi connectivity index (χ1) is 9.13. The lowest BCUT2D eigenvalue weighted by Crippen LogP contribution is -2.26. The maximum absolute atomic E-state index is 12.0. The molecular weight excluding hydrogens is 240 g/mol. The summed E-state index contributed by atoms with van der Waals surface area (Å²) in [6, 6.07) is 8.23. The minimum atomic E-state index is -0.0598. The molecule has 0 fully saturated rings. The molecule has 2 aromatic rings. The van der Waals surface area contributed by atoms with E-state index in [1.54, 1.807) is 7.11 Å². The van der Waals surface area contributed by atoms with Crippen molar-refractivity contribution in [3.63, 3.8) is 0 Å². The Labute approximate surface area is 113 Å². The van der Waals surface area contributed by atoms with Gasteiger partial charge in [-0.15, -0.1) is 0 Å². The number of nitrogens with zero attached hydrogens (tertiary/aromatic N) is 1. The molecule has 0 saturated heterocycles. The Bertz CT molecular complexity index is 573. The summed E-state index contributed by atoms with van der Waals surface area (Å²) < 4.78 is 7.09. The van der Waals surface area contributed by atoms with Crippen molar-refractivity contribution in [2.24, 2.45) is 0 Å². The fraction of sp³-hybridized carbons (Fsp3) is 0.400. The van der Waals surface area contributed by atoms with E-state index in [2.05, 4.69) is 36.0 Å². The monoisotopic (exact) mass is 260 g/mol. The van der Waals surface area contributed by atoms with Crippen LogP contribution in [-0.2, 0) is 4.74 Å². The maximum atomic E-state index is 12.0. The molecule has 4 nitrogen and oxygen atoms in total. The van der Waals surface area contributed by atoms with Crippen molar-refractivity contribution >= 4 is 16.8 Å². The topological polar surface area (TPSA) is 43.3 Å². The molecular formula is C15H20N2O2. The highest BCUT2D eigenvalue weighted by Gasteiger charge is 2.09. The summed E-state index contributed by atoms with van der Waals surface area (Å²) in [5.74, 6) is -0.0598. The van der Waals surface area contributed by atoms with Crippen molar-refractivity contribution in [2.45, 2.75) is 19.9 Å². The lowest BCUT2D eigenvalue weighted by Gasteiger charge is -2.10. The third-order valence-electron chi connectivity index (χ3n) is 3.13. The summed E-state index contributed by atoms with van der Waals surface area (Å²) in [7, 11) is 1.62. The van der Waals surface area contributed by atoms with E-state index in [1.807, 2.05) is 18.2 Å². The van der Waals surface area contributed by atoms with E-state index in [4.69, 9.17) is 4.74 Å². The van der Waals surface area contributed by atoms with Crippen molar-refractivity contribution in [1.29, 1.82) is 0 Å². The molecule has 1 heterocycles. The molecule has 19 heavy (non-hydrogen) atoms. The maximum Gasteiger partial charge on any atom is 0.251 e. The Hall–Kier alpha value is -1.81. The van der Waals surface area contributed by atoms with Gasteiger partial charge in [-0.1, -0.05) is 6.07 Å². The number of hydrogen-bond acceptors (Lipinski definition) is 2. The predicted octanol–water partition coefficient (Wildman–Crippen LogP) is 2.60. The van der Waals surface area contributed by atoms with Crippen LogP contribution in [0, 0.1) is 0 Å². The third-order valence-corrected chi connectivity index (χ3v) is 3.13. The number of hydrogen-bond donors (Lipinski definition) is 1. The molecule has 102 valence electrons. The van der Waals surface area contributed by atoms with E-state index in [-0.39, 0.29) is 5.91 Å². The minimum Gasteiger partial charge on any atom is -0.383 e. The first-order valence-corrected chi connectivity index (χ1v) is 6.51. The SMILES string of the molecule is COCCNC(=O)c1ccc2ccn(C(C)C)c2c1. The van der Waals surface area contributed by atoms with Crippen LogP contribution in [0.5, 0.6) is 0 Å². The number of carbonyl (C=O) groups excluding carboxylic acids is 1. The van der Waals surface area contributed by atoms with Gasteiger partial charge in [0.25, 0.3) is 5.91 Å². The summed E-state index contributed by atoms with van der Waals surface area (Å²) in [5, 5.41) is 3.99. The molecule has 0 aliphatic carbocycles. The van der Waals surface area contributed by atoms with Gasteiger partial charge in [-0.25, -0.2) is 0 Å². The smallest absolute Gasteiger partial charge is 0.251 e. The van der Waals surface area contributed by atoms with E-state index in [0.717, 1.165) is 10.9 Å². The number of rotatable bonds is 5. The third kappa shape index (κ3) is 2.96. The standard InChI is InChI=1S/C15H20N2O2/c1-11(2)17-8-6-12-4-5-13(10-14(12)17)15(18)16-7-9-19-3/h4-6,8,10-11H,7,9H2,1-3H3,(H,16,18). The van der Waals surface area contributed by atoms with Crippen LogP contribution in [0.1, 0.15) is 30.2 Å². The van der Waals surface area contributed by atoms with Crippen molar-refractivity contribution in [1.82, 2.24) is 9.88 Å². The summed E-state index contributed by atoms with van der Waals surface area (Å²) in [5.41, 5.74) is 1.78. The summed E-state index contributed by atoms with van der Waals surface area (Å²) in [6.45, 7) is 5.31. The zero-order chi connectivity index (χ0) is 13.8. The second-order valence-corrected chi connectivity index (χ2v) is 4.84. The Morgan fingerprint density at radius 2 is 2.16 bits per heavy atom. The number of amides is 1. The van der Waals surface area contributed by atoms with Crippen LogP contribution >= 0.6 is 0 Å². The zero-order valence-electron chi connectivity index (χ0n) is 11.6. The highest BCUT2D eigenvalue weighted by atomic mass is 16.5. The summed E-state index contributed by atoms with van der Waals surface area (Å²) >= 11 is 0. The molecule has 1 aromatic carbocycles. The highest BCUT2D eigenvalue weighted by molar-refractivity contribution is 5.98. The normalized spacial score (nSPS) is 11.2. The molecule has 0 unspecified atom stereocenters. The quantitative estimate of drug-likeness (QED) is 0.840. The van der Waals surface area contributed by atoms with Gasteiger partial charge in [0.15, 0.2) is 0 Å². The molecule has 0 aliphatic heterocycles. The van der Waals surface area contributed by atoms with Crippen LogP contribution in [-0.4, -0.2) is 30.7 Å². The summed E-state index contributed by atoms with van der Waals surface area (Å²) in [4.78, 5) is 12.0. The van der Waals surface area contributed by atoms with Crippen LogP contribution < -0.4 is 5.32 Å². The van der Waals surface area contributed by atoms with E-state index in [1.165, 1.54) is 0 Å². The number of nitrogens with one attached hydrogen (secondary N) is 1. The van der Waals surface area contributed by atoms with Crippen LogP contribution in [0.3, 0.4) is 0 Å². The van der Waals surface area contributed by atoms with Gasteiger partial charge in [0.1, 0.15) is 0 Å². The molecule has 1 aromatic heterocycles. The van der Waals surface area contributed by atoms with Gasteiger partial charge in [-0.2, -0.15) is 0 Å². The molecule has 1 N–H and O–H groups in total. The number of ether oxygens (including phenoxy) is 1. The lowest BCUT2D eigenvalue weighted by atomic mass is 10.1. The Morgan fingerprint density at radius 3 is 2.84 bits per heavy atom. The highest BCUT2D eigenvalue weighted by Crippen LogP contribution is 2.21. The van der Waals surface area contributed by atoms with Crippen molar-refractivity contribution in [2.75, 3.05) is 20.3 Å². The van der Waals surface area contributed by atoms with Gasteiger partial charge in [-0.05, 0) is 37.4 Å². The number of aromatic nitrogens is 1. The van der Waals surface area contributed by atoms with Crippen molar-refractivity contribution in [3.8, 4) is 0 Å². The molecule has 1 amide bonds. The molecule has 2 rings (SSSR count). The molecule has 0 atom stereocenters. The van der Waals surface area contributed by atoms with Gasteiger partial charge >= 0.3 is 0 Å². The fourth-order valence-corrected chi connectivity index (χ4v) is 2.11. The van der Waals surface area contributed by atoms with Gasteiger partial charge in [0.2, 0.25) is 0 Å². The zero-order valence-corrected chi connectivity index (χ0v) is 11.6. The Morgan fingerprint density at radius 1 is 1.37 bits per heavy atom. The minimum absolute atomic E-state index is 0.0598. The molecule has 0 bridgehead atoms. The van der Waals surface area contributed by atoms with Crippen LogP contribution in [0.15, 0.2) is 30.5 Å². The first kappa shape index (κ1) is 13.6. The molecule has 0 radical (unpaired) electrons. The largest absolute Gasteiger partial charge is 0.383 e. The average molecular weight is 260 g/mol. The first-order valence-electron chi connectivity index (χ1n) is 6.51. The van der Waals surface area contributed by atoms with Crippen LogP contribution in [0.25, 0.3) is 10.9 Å². The van der Waals surface area contributed by atoms with Gasteiger partial charge in [0.05, 0.1) is 6.61 Å². The van der Waals surface area contributed by atoms with Gasteiger partial charge in [-0.3, -0.25) is 4.79 Å². The van der Waals surface area contributed by atoms with E-state index in [0.29, 0.717) is 24.8 Å². The van der Waals surface area contributed by atoms with Crippen LogP contribution in [0.4, 0.5) is 0 Å². The van der Waals surface area contributed by atoms with E-state index >= 15 is 0 Å². The number of methoxy groups -OCH3 is 1. The number of carbonyl (C=O) groups is 1. The second-order valence-electron chi connectivity index (χ2n) is 4.84. The second kappa shape index (κ2) is 5.89. The molecule has 0 spiro atoms. The van der Waals surface area contributed by atoms with E-state index in [9.17, 15) is 4.79 Å². The number of benzene rings is 1. The lowest BCUT2D eigenvalue weighted by molar-refractivity contribution is 0.0937.